The van der Waals surface area contributed by atoms with Crippen LogP contribution in [0.5, 0.6) is 5.75 Å². The third-order valence-electron chi connectivity index (χ3n) is 4.65. The Morgan fingerprint density at radius 2 is 2.00 bits per heavy atom. The predicted molar refractivity (Wildman–Crippen MR) is 87.5 cm³/mol. The lowest BCUT2D eigenvalue weighted by atomic mass is 9.87. The summed E-state index contributed by atoms with van der Waals surface area (Å²) in [5.41, 5.74) is 0.576. The van der Waals surface area contributed by atoms with E-state index >= 15 is 0 Å². The van der Waals surface area contributed by atoms with Crippen LogP contribution in [-0.2, 0) is 4.79 Å². The summed E-state index contributed by atoms with van der Waals surface area (Å²) in [6.45, 7) is 3.86. The Bertz CT molecular complexity index is 580. The lowest BCUT2D eigenvalue weighted by Crippen LogP contribution is -2.41. The molecule has 0 saturated heterocycles. The second-order valence-electron chi connectivity index (χ2n) is 6.41. The van der Waals surface area contributed by atoms with Crippen molar-refractivity contribution in [3.63, 3.8) is 0 Å². The van der Waals surface area contributed by atoms with Crippen LogP contribution in [0, 0.1) is 23.0 Å². The molecule has 0 heterocycles. The van der Waals surface area contributed by atoms with Crippen LogP contribution in [0.4, 0.5) is 5.69 Å². The second-order valence-corrected chi connectivity index (χ2v) is 6.41. The minimum atomic E-state index is -0.428. The van der Waals surface area contributed by atoms with Crippen molar-refractivity contribution in [2.24, 2.45) is 5.92 Å². The summed E-state index contributed by atoms with van der Waals surface area (Å²) < 4.78 is 5.50. The molecule has 0 unspecified atom stereocenters. The van der Waals surface area contributed by atoms with E-state index in [0.717, 1.165) is 31.6 Å². The molecule has 0 spiro atoms. The maximum absolute atomic E-state index is 12.2. The molecule has 0 bridgehead atoms. The number of rotatable bonds is 5. The summed E-state index contributed by atoms with van der Waals surface area (Å²) in [4.78, 5) is 24.4. The van der Waals surface area contributed by atoms with Gasteiger partial charge in [-0.3, -0.25) is 14.9 Å². The Balaban J connectivity index is 1.88. The zero-order valence-electron chi connectivity index (χ0n) is 13.9. The molecule has 1 aromatic carbocycles. The van der Waals surface area contributed by atoms with E-state index in [0.29, 0.717) is 17.4 Å². The molecule has 2 rings (SSSR count). The van der Waals surface area contributed by atoms with Crippen molar-refractivity contribution in [1.82, 2.24) is 4.90 Å². The number of nitro benzene ring substituents is 1. The highest BCUT2D eigenvalue weighted by molar-refractivity contribution is 5.77. The molecule has 0 atom stereocenters. The molecule has 1 fully saturated rings. The summed E-state index contributed by atoms with van der Waals surface area (Å²) in [6.07, 6.45) is 4.40. The number of hydrogen-bond acceptors (Lipinski definition) is 4. The van der Waals surface area contributed by atoms with Gasteiger partial charge < -0.3 is 9.64 Å². The fraction of sp³-hybridized carbons (Fsp3) is 0.588. The highest BCUT2D eigenvalue weighted by Crippen LogP contribution is 2.27. The van der Waals surface area contributed by atoms with Crippen LogP contribution in [0.3, 0.4) is 0 Å². The summed E-state index contributed by atoms with van der Waals surface area (Å²) in [5, 5.41) is 10.8. The standard InChI is InChI=1S/C17H24N2O4/c1-12-4-6-14(7-5-12)18(3)17(20)11-23-15-8-9-16(19(21)22)13(2)10-15/h8-10,12,14H,4-7,11H2,1-3H3. The van der Waals surface area contributed by atoms with E-state index in [1.165, 1.54) is 12.1 Å². The van der Waals surface area contributed by atoms with Gasteiger partial charge in [-0.15, -0.1) is 0 Å². The fourth-order valence-electron chi connectivity index (χ4n) is 3.00. The van der Waals surface area contributed by atoms with E-state index in [1.807, 2.05) is 7.05 Å². The van der Waals surface area contributed by atoms with Gasteiger partial charge in [-0.2, -0.15) is 0 Å². The normalized spacial score (nSPS) is 20.8. The molecule has 1 aliphatic rings. The lowest BCUT2D eigenvalue weighted by Gasteiger charge is -2.33. The van der Waals surface area contributed by atoms with Crippen LogP contribution in [0.15, 0.2) is 18.2 Å². The minimum absolute atomic E-state index is 0.0419. The largest absolute Gasteiger partial charge is 0.484 e. The third kappa shape index (κ3) is 4.43. The van der Waals surface area contributed by atoms with Crippen molar-refractivity contribution in [3.8, 4) is 5.75 Å². The summed E-state index contributed by atoms with van der Waals surface area (Å²) in [6, 6.07) is 4.82. The highest BCUT2D eigenvalue weighted by atomic mass is 16.6. The number of nitrogens with zero attached hydrogens (tertiary/aromatic N) is 2. The maximum atomic E-state index is 12.2. The number of amides is 1. The first-order valence-corrected chi connectivity index (χ1v) is 8.02. The number of likely N-dealkylation sites (N-methyl/N-ethyl adjacent to an activating group) is 1. The number of ether oxygens (including phenoxy) is 1. The van der Waals surface area contributed by atoms with Crippen molar-refractivity contribution in [3.05, 3.63) is 33.9 Å². The van der Waals surface area contributed by atoms with Crippen LogP contribution in [0.2, 0.25) is 0 Å². The number of benzene rings is 1. The van der Waals surface area contributed by atoms with Crippen LogP contribution in [0.1, 0.15) is 38.2 Å². The first-order chi connectivity index (χ1) is 10.9. The number of nitro groups is 1. The van der Waals surface area contributed by atoms with Gasteiger partial charge in [0.15, 0.2) is 6.61 Å². The van der Waals surface area contributed by atoms with E-state index in [1.54, 1.807) is 17.9 Å². The van der Waals surface area contributed by atoms with Crippen molar-refractivity contribution in [2.45, 2.75) is 45.6 Å². The van der Waals surface area contributed by atoms with Crippen LogP contribution in [-0.4, -0.2) is 35.4 Å². The topological polar surface area (TPSA) is 72.7 Å². The minimum Gasteiger partial charge on any atom is -0.484 e. The first kappa shape index (κ1) is 17.2. The predicted octanol–water partition coefficient (Wildman–Crippen LogP) is 3.32. The molecule has 1 aromatic rings. The van der Waals surface area contributed by atoms with Gasteiger partial charge in [0.05, 0.1) is 4.92 Å². The number of hydrogen-bond donors (Lipinski definition) is 0. The van der Waals surface area contributed by atoms with Gasteiger partial charge in [-0.25, -0.2) is 0 Å². The highest BCUT2D eigenvalue weighted by Gasteiger charge is 2.25. The summed E-state index contributed by atoms with van der Waals surface area (Å²) in [5.74, 6) is 1.17. The molecule has 126 valence electrons. The quantitative estimate of drug-likeness (QED) is 0.616. The lowest BCUT2D eigenvalue weighted by molar-refractivity contribution is -0.385. The molecule has 1 saturated carbocycles. The maximum Gasteiger partial charge on any atom is 0.272 e. The average molecular weight is 320 g/mol. The first-order valence-electron chi connectivity index (χ1n) is 8.02. The van der Waals surface area contributed by atoms with Gasteiger partial charge in [0.25, 0.3) is 11.6 Å². The Morgan fingerprint density at radius 1 is 1.35 bits per heavy atom. The molecule has 0 N–H and O–H groups in total. The SMILES string of the molecule is Cc1cc(OCC(=O)N(C)C2CCC(C)CC2)ccc1[N+](=O)[O-]. The van der Waals surface area contributed by atoms with Crippen molar-refractivity contribution in [1.29, 1.82) is 0 Å². The number of carbonyl (C=O) groups is 1. The molecule has 0 aliphatic heterocycles. The Kier molecular flexibility index (Phi) is 5.58. The Morgan fingerprint density at radius 3 is 2.57 bits per heavy atom. The molecule has 23 heavy (non-hydrogen) atoms. The zero-order chi connectivity index (χ0) is 17.0. The number of aryl methyl sites for hydroxylation is 1. The Labute approximate surface area is 136 Å². The van der Waals surface area contributed by atoms with Gasteiger partial charge in [0.1, 0.15) is 5.75 Å². The van der Waals surface area contributed by atoms with Gasteiger partial charge in [-0.05, 0) is 50.7 Å². The van der Waals surface area contributed by atoms with Crippen LogP contribution < -0.4 is 4.74 Å². The molecule has 6 nitrogen and oxygen atoms in total. The summed E-state index contributed by atoms with van der Waals surface area (Å²) in [7, 11) is 1.83. The molecule has 6 heteroatoms. The van der Waals surface area contributed by atoms with E-state index in [4.69, 9.17) is 4.74 Å². The van der Waals surface area contributed by atoms with E-state index in [9.17, 15) is 14.9 Å². The van der Waals surface area contributed by atoms with Crippen LogP contribution in [0.25, 0.3) is 0 Å². The Hall–Kier alpha value is -2.11. The molecule has 0 aromatic heterocycles. The smallest absolute Gasteiger partial charge is 0.272 e. The van der Waals surface area contributed by atoms with E-state index < -0.39 is 4.92 Å². The average Bonchev–Trinajstić information content (AvgIpc) is 2.52. The third-order valence-corrected chi connectivity index (χ3v) is 4.65. The van der Waals surface area contributed by atoms with Gasteiger partial charge in [-0.1, -0.05) is 6.92 Å². The van der Waals surface area contributed by atoms with Gasteiger partial charge in [0, 0.05) is 24.7 Å². The molecular weight excluding hydrogens is 296 g/mol. The summed E-state index contributed by atoms with van der Waals surface area (Å²) >= 11 is 0. The van der Waals surface area contributed by atoms with Crippen LogP contribution >= 0.6 is 0 Å². The number of carbonyl (C=O) groups excluding carboxylic acids is 1. The van der Waals surface area contributed by atoms with Gasteiger partial charge in [0.2, 0.25) is 0 Å². The van der Waals surface area contributed by atoms with E-state index in [2.05, 4.69) is 6.92 Å². The molecule has 0 radical (unpaired) electrons. The monoisotopic (exact) mass is 320 g/mol. The molecular formula is C17H24N2O4. The van der Waals surface area contributed by atoms with Crippen molar-refractivity contribution >= 4 is 11.6 Å². The van der Waals surface area contributed by atoms with Gasteiger partial charge >= 0.3 is 0 Å². The molecule has 1 aliphatic carbocycles. The van der Waals surface area contributed by atoms with Crippen molar-refractivity contribution in [2.75, 3.05) is 13.7 Å². The fourth-order valence-corrected chi connectivity index (χ4v) is 3.00. The van der Waals surface area contributed by atoms with E-state index in [-0.39, 0.29) is 18.2 Å². The zero-order valence-corrected chi connectivity index (χ0v) is 13.9. The molecule has 1 amide bonds. The second kappa shape index (κ2) is 7.44. The van der Waals surface area contributed by atoms with Crippen molar-refractivity contribution < 1.29 is 14.5 Å².